The SMILES string of the molecule is Cc1cc2c(cc1Cc1ccc(C(=O)Nc3nn[nH]n3)o1)C(C)(C)CCC2(C)C. The molecule has 0 radical (unpaired) electrons. The molecule has 0 aliphatic heterocycles. The zero-order chi connectivity index (χ0) is 20.8. The highest BCUT2D eigenvalue weighted by atomic mass is 16.3. The van der Waals surface area contributed by atoms with Crippen molar-refractivity contribution in [2.75, 3.05) is 5.32 Å². The van der Waals surface area contributed by atoms with Crippen LogP contribution in [-0.4, -0.2) is 26.5 Å². The van der Waals surface area contributed by atoms with Crippen LogP contribution < -0.4 is 5.32 Å². The summed E-state index contributed by atoms with van der Waals surface area (Å²) >= 11 is 0. The molecule has 0 spiro atoms. The Morgan fingerprint density at radius 2 is 1.83 bits per heavy atom. The van der Waals surface area contributed by atoms with Crippen LogP contribution in [0.2, 0.25) is 0 Å². The highest BCUT2D eigenvalue weighted by molar-refractivity contribution is 6.01. The zero-order valence-electron chi connectivity index (χ0n) is 17.6. The predicted octanol–water partition coefficient (Wildman–Crippen LogP) is 4.29. The van der Waals surface area contributed by atoms with E-state index in [0.717, 1.165) is 5.76 Å². The minimum absolute atomic E-state index is 0.114. The van der Waals surface area contributed by atoms with E-state index in [4.69, 9.17) is 4.42 Å². The molecule has 1 amide bonds. The Labute approximate surface area is 170 Å². The topological polar surface area (TPSA) is 96.7 Å². The lowest BCUT2D eigenvalue weighted by atomic mass is 9.62. The number of rotatable bonds is 4. The number of carbonyl (C=O) groups is 1. The van der Waals surface area contributed by atoms with Crippen LogP contribution in [0.3, 0.4) is 0 Å². The third kappa shape index (κ3) is 3.69. The molecule has 29 heavy (non-hydrogen) atoms. The van der Waals surface area contributed by atoms with Crippen molar-refractivity contribution in [1.29, 1.82) is 0 Å². The fraction of sp³-hybridized carbons (Fsp3) is 0.455. The third-order valence-electron chi connectivity index (χ3n) is 6.13. The Kier molecular flexibility index (Phi) is 4.56. The molecule has 1 aromatic carbocycles. The number of aromatic amines is 1. The summed E-state index contributed by atoms with van der Waals surface area (Å²) in [5, 5.41) is 15.7. The maximum absolute atomic E-state index is 12.3. The maximum atomic E-state index is 12.3. The number of tetrazole rings is 1. The second kappa shape index (κ2) is 6.83. The van der Waals surface area contributed by atoms with E-state index in [1.165, 1.54) is 35.1 Å². The largest absolute Gasteiger partial charge is 0.456 e. The van der Waals surface area contributed by atoms with Crippen molar-refractivity contribution in [3.63, 3.8) is 0 Å². The number of nitrogens with zero attached hydrogens (tertiary/aromatic N) is 3. The summed E-state index contributed by atoms with van der Waals surface area (Å²) in [6, 6.07) is 8.20. The van der Waals surface area contributed by atoms with Crippen LogP contribution in [0.25, 0.3) is 0 Å². The summed E-state index contributed by atoms with van der Waals surface area (Å²) in [6.45, 7) is 11.5. The molecule has 152 valence electrons. The number of hydrogen-bond donors (Lipinski definition) is 2. The molecule has 2 aromatic heterocycles. The number of benzene rings is 1. The lowest BCUT2D eigenvalue weighted by molar-refractivity contribution is 0.0994. The van der Waals surface area contributed by atoms with Crippen molar-refractivity contribution in [3.8, 4) is 0 Å². The van der Waals surface area contributed by atoms with E-state index in [2.05, 4.69) is 72.7 Å². The van der Waals surface area contributed by atoms with Gasteiger partial charge < -0.3 is 4.42 Å². The molecule has 4 rings (SSSR count). The van der Waals surface area contributed by atoms with Crippen molar-refractivity contribution >= 4 is 11.9 Å². The van der Waals surface area contributed by atoms with Gasteiger partial charge in [0.15, 0.2) is 5.76 Å². The van der Waals surface area contributed by atoms with Gasteiger partial charge in [-0.25, -0.2) is 0 Å². The van der Waals surface area contributed by atoms with Crippen LogP contribution in [0, 0.1) is 6.92 Å². The minimum atomic E-state index is -0.400. The first-order valence-electron chi connectivity index (χ1n) is 9.94. The van der Waals surface area contributed by atoms with Gasteiger partial charge in [0.25, 0.3) is 11.9 Å². The number of carbonyl (C=O) groups excluding carboxylic acids is 1. The quantitative estimate of drug-likeness (QED) is 0.689. The molecular weight excluding hydrogens is 366 g/mol. The second-order valence-electron chi connectivity index (χ2n) is 9.22. The normalized spacial score (nSPS) is 17.0. The number of nitrogens with one attached hydrogen (secondary N) is 2. The van der Waals surface area contributed by atoms with Gasteiger partial charge in [-0.3, -0.25) is 10.1 Å². The number of aromatic nitrogens is 4. The molecule has 2 heterocycles. The predicted molar refractivity (Wildman–Crippen MR) is 110 cm³/mol. The smallest absolute Gasteiger partial charge is 0.293 e. The van der Waals surface area contributed by atoms with Gasteiger partial charge in [0.2, 0.25) is 0 Å². The lowest BCUT2D eigenvalue weighted by Gasteiger charge is -2.42. The Bertz CT molecular complexity index is 1050. The molecule has 1 aliphatic rings. The molecule has 2 N–H and O–H groups in total. The number of fused-ring (bicyclic) bond motifs is 1. The summed E-state index contributed by atoms with van der Waals surface area (Å²) in [4.78, 5) is 12.3. The van der Waals surface area contributed by atoms with Crippen molar-refractivity contribution in [2.24, 2.45) is 0 Å². The standard InChI is InChI=1S/C22H27N5O2/c1-13-10-16-17(22(4,5)9-8-21(16,2)3)12-14(13)11-15-6-7-18(29-15)19(28)23-20-24-26-27-25-20/h6-7,10,12H,8-9,11H2,1-5H3,(H2,23,24,25,26,27,28). The Morgan fingerprint density at radius 3 is 2.48 bits per heavy atom. The van der Waals surface area contributed by atoms with E-state index < -0.39 is 5.91 Å². The van der Waals surface area contributed by atoms with Crippen molar-refractivity contribution in [2.45, 2.75) is 64.7 Å². The van der Waals surface area contributed by atoms with Gasteiger partial charge in [-0.15, -0.1) is 5.10 Å². The average Bonchev–Trinajstić information content (AvgIpc) is 3.32. The van der Waals surface area contributed by atoms with Crippen LogP contribution >= 0.6 is 0 Å². The summed E-state index contributed by atoms with van der Waals surface area (Å²) < 4.78 is 5.79. The van der Waals surface area contributed by atoms with E-state index >= 15 is 0 Å². The first-order chi connectivity index (χ1) is 13.7. The van der Waals surface area contributed by atoms with Crippen LogP contribution in [-0.2, 0) is 17.3 Å². The third-order valence-corrected chi connectivity index (χ3v) is 6.13. The molecule has 7 heteroatoms. The van der Waals surface area contributed by atoms with Gasteiger partial charge in [-0.05, 0) is 70.2 Å². The summed E-state index contributed by atoms with van der Waals surface area (Å²) in [7, 11) is 0. The Hall–Kier alpha value is -2.96. The molecule has 0 unspecified atom stereocenters. The van der Waals surface area contributed by atoms with E-state index in [9.17, 15) is 4.79 Å². The average molecular weight is 393 g/mol. The second-order valence-corrected chi connectivity index (χ2v) is 9.22. The van der Waals surface area contributed by atoms with Crippen molar-refractivity contribution in [3.05, 3.63) is 58.0 Å². The van der Waals surface area contributed by atoms with Gasteiger partial charge in [-0.1, -0.05) is 44.9 Å². The highest BCUT2D eigenvalue weighted by Gasteiger charge is 2.37. The fourth-order valence-electron chi connectivity index (χ4n) is 4.12. The molecule has 1 aliphatic carbocycles. The van der Waals surface area contributed by atoms with Crippen LogP contribution in [0.15, 0.2) is 28.7 Å². The summed E-state index contributed by atoms with van der Waals surface area (Å²) in [5.41, 5.74) is 5.72. The molecule has 7 nitrogen and oxygen atoms in total. The van der Waals surface area contributed by atoms with Crippen molar-refractivity contribution < 1.29 is 9.21 Å². The first kappa shape index (κ1) is 19.4. The monoisotopic (exact) mass is 393 g/mol. The van der Waals surface area contributed by atoms with E-state index in [1.807, 2.05) is 6.07 Å². The zero-order valence-corrected chi connectivity index (χ0v) is 17.6. The van der Waals surface area contributed by atoms with Crippen LogP contribution in [0.1, 0.15) is 79.1 Å². The summed E-state index contributed by atoms with van der Waals surface area (Å²) in [5.74, 6) is 0.687. The highest BCUT2D eigenvalue weighted by Crippen LogP contribution is 2.46. The van der Waals surface area contributed by atoms with Gasteiger partial charge in [0.1, 0.15) is 5.76 Å². The summed E-state index contributed by atoms with van der Waals surface area (Å²) in [6.07, 6.45) is 3.02. The van der Waals surface area contributed by atoms with Gasteiger partial charge in [0, 0.05) is 6.42 Å². The molecule has 0 saturated heterocycles. The molecule has 0 saturated carbocycles. The van der Waals surface area contributed by atoms with Gasteiger partial charge in [-0.2, -0.15) is 5.21 Å². The number of amides is 1. The molecular formula is C22H27N5O2. The number of aryl methyl sites for hydroxylation is 1. The first-order valence-corrected chi connectivity index (χ1v) is 9.94. The number of furan rings is 1. The number of H-pyrrole nitrogens is 1. The van der Waals surface area contributed by atoms with Crippen molar-refractivity contribution in [1.82, 2.24) is 20.6 Å². The van der Waals surface area contributed by atoms with Crippen LogP contribution in [0.4, 0.5) is 5.95 Å². The van der Waals surface area contributed by atoms with Crippen LogP contribution in [0.5, 0.6) is 0 Å². The molecule has 3 aromatic rings. The number of anilines is 1. The van der Waals surface area contributed by atoms with E-state index in [1.54, 1.807) is 6.07 Å². The minimum Gasteiger partial charge on any atom is -0.456 e. The fourth-order valence-corrected chi connectivity index (χ4v) is 4.12. The Morgan fingerprint density at radius 1 is 1.14 bits per heavy atom. The van der Waals surface area contributed by atoms with Gasteiger partial charge >= 0.3 is 0 Å². The lowest BCUT2D eigenvalue weighted by Crippen LogP contribution is -2.34. The molecule has 0 bridgehead atoms. The molecule has 0 fully saturated rings. The van der Waals surface area contributed by atoms with Gasteiger partial charge in [0.05, 0.1) is 0 Å². The maximum Gasteiger partial charge on any atom is 0.293 e. The Balaban J connectivity index is 1.59. The number of hydrogen-bond acceptors (Lipinski definition) is 5. The molecule has 0 atom stereocenters. The van der Waals surface area contributed by atoms with E-state index in [0.29, 0.717) is 6.42 Å². The van der Waals surface area contributed by atoms with E-state index in [-0.39, 0.29) is 22.5 Å².